The maximum Gasteiger partial charge on any atom is 0.123 e. The van der Waals surface area contributed by atoms with E-state index in [-0.39, 0.29) is 16.8 Å². The number of nitrogens with one attached hydrogen (secondary N) is 1. The van der Waals surface area contributed by atoms with Crippen LogP contribution in [0.2, 0.25) is 0 Å². The summed E-state index contributed by atoms with van der Waals surface area (Å²) in [7, 11) is 0. The number of hydrogen-bond acceptors (Lipinski definition) is 3. The molecule has 1 aromatic carbocycles. The smallest absolute Gasteiger partial charge is 0.123 e. The molecule has 172 valence electrons. The zero-order valence-corrected chi connectivity index (χ0v) is 19.8. The Morgan fingerprint density at radius 3 is 2.58 bits per heavy atom. The van der Waals surface area contributed by atoms with Gasteiger partial charge in [-0.2, -0.15) is 0 Å². The molecular formula is C27H41FN2O. The maximum absolute atomic E-state index is 13.6. The van der Waals surface area contributed by atoms with Crippen LogP contribution in [0.3, 0.4) is 0 Å². The lowest BCUT2D eigenvalue weighted by Crippen LogP contribution is -2.50. The molecule has 1 saturated carbocycles. The van der Waals surface area contributed by atoms with Crippen molar-refractivity contribution in [1.82, 2.24) is 5.32 Å². The second-order valence-corrected chi connectivity index (χ2v) is 9.98. The first-order chi connectivity index (χ1) is 14.6. The standard InChI is InChI=1S/C27H41FN2O/c1-6-11-23(28)16-20(2)17-24(29)25(31)19-30-27(14-8-7-9-15-27)22-13-10-12-21(18-22)26(3,4)5/h6,10-13,16,18,24-25,30-31H,2,7-9,14-15,17,19,29H2,1,3-5H3/b11-6-,23-16+. The van der Waals surface area contributed by atoms with Crippen LogP contribution in [0.1, 0.15) is 77.3 Å². The third kappa shape index (κ3) is 7.41. The summed E-state index contributed by atoms with van der Waals surface area (Å²) in [5, 5.41) is 14.4. The third-order valence-corrected chi connectivity index (χ3v) is 6.30. The fourth-order valence-electron chi connectivity index (χ4n) is 4.36. The van der Waals surface area contributed by atoms with E-state index in [4.69, 9.17) is 5.73 Å². The first kappa shape index (κ1) is 25.5. The lowest BCUT2D eigenvalue weighted by molar-refractivity contribution is 0.117. The minimum Gasteiger partial charge on any atom is -0.390 e. The van der Waals surface area contributed by atoms with Crippen molar-refractivity contribution in [2.24, 2.45) is 5.73 Å². The molecule has 31 heavy (non-hydrogen) atoms. The van der Waals surface area contributed by atoms with Gasteiger partial charge in [-0.05, 0) is 54.9 Å². The van der Waals surface area contributed by atoms with Crippen LogP contribution in [-0.4, -0.2) is 23.8 Å². The van der Waals surface area contributed by atoms with Crippen LogP contribution in [0.25, 0.3) is 0 Å². The molecule has 0 aliphatic heterocycles. The normalized spacial score (nSPS) is 19.4. The van der Waals surface area contributed by atoms with E-state index >= 15 is 0 Å². The summed E-state index contributed by atoms with van der Waals surface area (Å²) in [6.45, 7) is 12.7. The van der Waals surface area contributed by atoms with Crippen molar-refractivity contribution in [3.8, 4) is 0 Å². The van der Waals surface area contributed by atoms with Gasteiger partial charge in [-0.15, -0.1) is 0 Å². The fraction of sp³-hybridized carbons (Fsp3) is 0.556. The van der Waals surface area contributed by atoms with Crippen molar-refractivity contribution in [3.63, 3.8) is 0 Å². The molecule has 0 aromatic heterocycles. The van der Waals surface area contributed by atoms with Gasteiger partial charge in [-0.1, -0.05) is 82.5 Å². The molecule has 0 radical (unpaired) electrons. The highest BCUT2D eigenvalue weighted by Gasteiger charge is 2.35. The van der Waals surface area contributed by atoms with Crippen molar-refractivity contribution in [2.45, 2.75) is 89.3 Å². The Morgan fingerprint density at radius 1 is 1.29 bits per heavy atom. The monoisotopic (exact) mass is 428 g/mol. The second-order valence-electron chi connectivity index (χ2n) is 9.98. The Kier molecular flexibility index (Phi) is 9.23. The Morgan fingerprint density at radius 2 is 1.97 bits per heavy atom. The molecule has 1 fully saturated rings. The van der Waals surface area contributed by atoms with Crippen LogP contribution in [0.15, 0.2) is 60.5 Å². The minimum absolute atomic E-state index is 0.0872. The highest BCUT2D eigenvalue weighted by molar-refractivity contribution is 5.34. The number of allylic oxidation sites excluding steroid dienone is 4. The molecule has 0 saturated heterocycles. The average Bonchev–Trinajstić information content (AvgIpc) is 2.72. The molecule has 2 unspecified atom stereocenters. The first-order valence-corrected chi connectivity index (χ1v) is 11.5. The first-order valence-electron chi connectivity index (χ1n) is 11.5. The van der Waals surface area contributed by atoms with Crippen molar-refractivity contribution in [3.05, 3.63) is 71.6 Å². The number of aliphatic hydroxyl groups excluding tert-OH is 1. The van der Waals surface area contributed by atoms with Crippen molar-refractivity contribution >= 4 is 0 Å². The zero-order chi connectivity index (χ0) is 23.1. The van der Waals surface area contributed by atoms with Crippen molar-refractivity contribution < 1.29 is 9.50 Å². The van der Waals surface area contributed by atoms with Crippen molar-refractivity contribution in [2.75, 3.05) is 6.54 Å². The highest BCUT2D eigenvalue weighted by atomic mass is 19.1. The van der Waals surface area contributed by atoms with Gasteiger partial charge in [0.25, 0.3) is 0 Å². The molecule has 1 aromatic rings. The van der Waals surface area contributed by atoms with Crippen LogP contribution in [-0.2, 0) is 11.0 Å². The molecule has 1 aliphatic carbocycles. The second kappa shape index (κ2) is 11.2. The SMILES string of the molecule is C=C(/C=C(F)\C=C/C)CC(N)C(O)CNC1(c2cccc(C(C)(C)C)c2)CCCCC1. The number of halogens is 1. The number of benzene rings is 1. The van der Waals surface area contributed by atoms with E-state index in [0.29, 0.717) is 18.5 Å². The van der Waals surface area contributed by atoms with E-state index < -0.39 is 12.1 Å². The molecule has 0 amide bonds. The minimum atomic E-state index is -0.737. The molecular weight excluding hydrogens is 387 g/mol. The summed E-state index contributed by atoms with van der Waals surface area (Å²) < 4.78 is 13.6. The van der Waals surface area contributed by atoms with Gasteiger partial charge in [0.2, 0.25) is 0 Å². The van der Waals surface area contributed by atoms with Gasteiger partial charge >= 0.3 is 0 Å². The lowest BCUT2D eigenvalue weighted by Gasteiger charge is -2.40. The van der Waals surface area contributed by atoms with Crippen LogP contribution in [0, 0.1) is 0 Å². The Labute approximate surface area is 188 Å². The van der Waals surface area contributed by atoms with E-state index in [0.717, 1.165) is 12.8 Å². The van der Waals surface area contributed by atoms with E-state index in [1.165, 1.54) is 42.5 Å². The summed E-state index contributed by atoms with van der Waals surface area (Å²) in [6, 6.07) is 8.36. The summed E-state index contributed by atoms with van der Waals surface area (Å²) in [5.74, 6) is -0.354. The molecule has 0 spiro atoms. The van der Waals surface area contributed by atoms with Gasteiger partial charge in [-0.3, -0.25) is 0 Å². The van der Waals surface area contributed by atoms with Crippen LogP contribution in [0.4, 0.5) is 4.39 Å². The molecule has 2 atom stereocenters. The van der Waals surface area contributed by atoms with E-state index in [9.17, 15) is 9.50 Å². The lowest BCUT2D eigenvalue weighted by atomic mass is 9.74. The van der Waals surface area contributed by atoms with Crippen LogP contribution in [0.5, 0.6) is 0 Å². The van der Waals surface area contributed by atoms with E-state index in [1.54, 1.807) is 13.0 Å². The molecule has 0 heterocycles. The van der Waals surface area contributed by atoms with E-state index in [1.807, 2.05) is 0 Å². The Bertz CT molecular complexity index is 785. The average molecular weight is 429 g/mol. The van der Waals surface area contributed by atoms with Gasteiger partial charge in [0, 0.05) is 18.1 Å². The van der Waals surface area contributed by atoms with E-state index in [2.05, 4.69) is 56.9 Å². The zero-order valence-electron chi connectivity index (χ0n) is 19.8. The molecule has 4 heteroatoms. The number of rotatable bonds is 9. The predicted octanol–water partition coefficient (Wildman–Crippen LogP) is 5.80. The third-order valence-electron chi connectivity index (χ3n) is 6.30. The van der Waals surface area contributed by atoms with Gasteiger partial charge in [0.15, 0.2) is 0 Å². The fourth-order valence-corrected chi connectivity index (χ4v) is 4.36. The summed E-state index contributed by atoms with van der Waals surface area (Å²) in [6.07, 6.45) is 9.68. The number of aliphatic hydroxyl groups is 1. The van der Waals surface area contributed by atoms with Crippen LogP contribution < -0.4 is 11.1 Å². The molecule has 3 nitrogen and oxygen atoms in total. The molecule has 0 bridgehead atoms. The van der Waals surface area contributed by atoms with Crippen LogP contribution >= 0.6 is 0 Å². The molecule has 2 rings (SSSR count). The largest absolute Gasteiger partial charge is 0.390 e. The van der Waals surface area contributed by atoms with Gasteiger partial charge in [0.1, 0.15) is 5.83 Å². The maximum atomic E-state index is 13.6. The summed E-state index contributed by atoms with van der Waals surface area (Å²) in [5.41, 5.74) is 9.36. The molecule has 1 aliphatic rings. The quantitative estimate of drug-likeness (QED) is 0.436. The van der Waals surface area contributed by atoms with Gasteiger partial charge in [-0.25, -0.2) is 4.39 Å². The highest BCUT2D eigenvalue weighted by Crippen LogP contribution is 2.38. The Balaban J connectivity index is 2.10. The molecule has 4 N–H and O–H groups in total. The van der Waals surface area contributed by atoms with Gasteiger partial charge < -0.3 is 16.2 Å². The number of hydrogen-bond donors (Lipinski definition) is 3. The predicted molar refractivity (Wildman–Crippen MR) is 130 cm³/mol. The topological polar surface area (TPSA) is 58.3 Å². The number of nitrogens with two attached hydrogens (primary N) is 1. The van der Waals surface area contributed by atoms with Crippen molar-refractivity contribution in [1.29, 1.82) is 0 Å². The summed E-state index contributed by atoms with van der Waals surface area (Å²) in [4.78, 5) is 0. The Hall–Kier alpha value is -1.75. The summed E-state index contributed by atoms with van der Waals surface area (Å²) >= 11 is 0. The van der Waals surface area contributed by atoms with Gasteiger partial charge in [0.05, 0.1) is 6.10 Å².